The largest absolute Gasteiger partial charge is 0.504 e. The van der Waals surface area contributed by atoms with Crippen molar-refractivity contribution in [3.8, 4) is 11.5 Å². The summed E-state index contributed by atoms with van der Waals surface area (Å²) in [4.78, 5) is 36.8. The minimum atomic E-state index is -1.19. The maximum atomic E-state index is 13.0. The van der Waals surface area contributed by atoms with E-state index in [0.717, 1.165) is 19.1 Å². The Morgan fingerprint density at radius 2 is 1.96 bits per heavy atom. The van der Waals surface area contributed by atoms with Crippen LogP contribution < -0.4 is 4.74 Å². The smallest absolute Gasteiger partial charge is 0.323 e. The molecule has 1 aromatic rings. The Kier molecular flexibility index (Phi) is 4.01. The zero-order valence-corrected chi connectivity index (χ0v) is 15.1. The van der Waals surface area contributed by atoms with Gasteiger partial charge in [-0.3, -0.25) is 9.59 Å². The lowest BCUT2D eigenvalue weighted by molar-refractivity contribution is -0.147. The summed E-state index contributed by atoms with van der Waals surface area (Å²) in [6.07, 6.45) is 3.51. The first-order valence-corrected chi connectivity index (χ1v) is 8.73. The number of rotatable bonds is 3. The number of benzene rings is 1. The van der Waals surface area contributed by atoms with Crippen LogP contribution in [0.4, 0.5) is 0 Å². The third-order valence-electron chi connectivity index (χ3n) is 5.97. The molecule has 5 heteroatoms. The number of aldehydes is 2. The van der Waals surface area contributed by atoms with Crippen molar-refractivity contribution in [2.75, 3.05) is 0 Å². The number of phenols is 1. The lowest BCUT2D eigenvalue weighted by Gasteiger charge is -2.46. The second-order valence-electron chi connectivity index (χ2n) is 8.20. The number of carbonyl (C=O) groups is 3. The van der Waals surface area contributed by atoms with Gasteiger partial charge in [0.2, 0.25) is 0 Å². The monoisotopic (exact) mass is 344 g/mol. The predicted octanol–water partition coefficient (Wildman–Crippen LogP) is 3.51. The fourth-order valence-corrected chi connectivity index (χ4v) is 4.68. The van der Waals surface area contributed by atoms with E-state index in [1.54, 1.807) is 6.07 Å². The van der Waals surface area contributed by atoms with E-state index < -0.39 is 22.7 Å². The highest BCUT2D eigenvalue weighted by Crippen LogP contribution is 2.60. The highest BCUT2D eigenvalue weighted by atomic mass is 16.5. The van der Waals surface area contributed by atoms with Crippen molar-refractivity contribution in [3.05, 3.63) is 22.8 Å². The minimum absolute atomic E-state index is 0.0380. The van der Waals surface area contributed by atoms with Crippen molar-refractivity contribution in [2.24, 2.45) is 11.3 Å². The molecule has 1 fully saturated rings. The maximum Gasteiger partial charge on any atom is 0.323 e. The summed E-state index contributed by atoms with van der Waals surface area (Å²) in [6.45, 7) is 7.70. The van der Waals surface area contributed by atoms with Gasteiger partial charge in [-0.2, -0.15) is 0 Å². The zero-order chi connectivity index (χ0) is 18.6. The van der Waals surface area contributed by atoms with Gasteiger partial charge in [-0.25, -0.2) is 0 Å². The first-order valence-electron chi connectivity index (χ1n) is 8.73. The number of fused-ring (bicyclic) bond motifs is 2. The van der Waals surface area contributed by atoms with Crippen LogP contribution in [0.25, 0.3) is 0 Å². The number of hydrogen-bond acceptors (Lipinski definition) is 5. The summed E-state index contributed by atoms with van der Waals surface area (Å²) in [5.74, 6) is -1.22. The van der Waals surface area contributed by atoms with Gasteiger partial charge >= 0.3 is 5.97 Å². The summed E-state index contributed by atoms with van der Waals surface area (Å²) in [6, 6.07) is 1.62. The molecule has 25 heavy (non-hydrogen) atoms. The van der Waals surface area contributed by atoms with E-state index in [9.17, 15) is 19.5 Å². The molecule has 5 nitrogen and oxygen atoms in total. The Morgan fingerprint density at radius 1 is 1.28 bits per heavy atom. The molecule has 0 bridgehead atoms. The van der Waals surface area contributed by atoms with Gasteiger partial charge in [0.15, 0.2) is 17.8 Å². The summed E-state index contributed by atoms with van der Waals surface area (Å²) in [5.41, 5.74) is -0.315. The molecule has 0 saturated heterocycles. The van der Waals surface area contributed by atoms with Crippen LogP contribution in [0.15, 0.2) is 6.07 Å². The third-order valence-corrected chi connectivity index (χ3v) is 5.97. The van der Waals surface area contributed by atoms with E-state index in [-0.39, 0.29) is 17.4 Å². The van der Waals surface area contributed by atoms with Crippen molar-refractivity contribution in [2.45, 2.75) is 58.3 Å². The molecule has 0 amide bonds. The molecule has 2 atom stereocenters. The Hall–Kier alpha value is -2.17. The SMILES string of the molecule is CC(C)c1cc(C=O)c2c(c1O)OC(=O)C21CCCC(C)(C)[C@@H]1C=O. The maximum absolute atomic E-state index is 13.0. The predicted molar refractivity (Wildman–Crippen MR) is 92.1 cm³/mol. The molecule has 1 aromatic carbocycles. The summed E-state index contributed by atoms with van der Waals surface area (Å²) >= 11 is 0. The average Bonchev–Trinajstić information content (AvgIpc) is 2.81. The summed E-state index contributed by atoms with van der Waals surface area (Å²) in [5, 5.41) is 10.6. The van der Waals surface area contributed by atoms with E-state index in [4.69, 9.17) is 4.74 Å². The van der Waals surface area contributed by atoms with Crippen LogP contribution in [0.1, 0.15) is 74.4 Å². The molecule has 1 aliphatic heterocycles. The fourth-order valence-electron chi connectivity index (χ4n) is 4.68. The van der Waals surface area contributed by atoms with Crippen molar-refractivity contribution in [3.63, 3.8) is 0 Å². The normalized spacial score (nSPS) is 27.2. The number of phenolic OH excluding ortho intramolecular Hbond substituents is 1. The number of carbonyl (C=O) groups excluding carboxylic acids is 3. The molecular weight excluding hydrogens is 320 g/mol. The number of hydrogen-bond donors (Lipinski definition) is 1. The first-order chi connectivity index (χ1) is 11.7. The number of aromatic hydroxyl groups is 1. The van der Waals surface area contributed by atoms with Gasteiger partial charge < -0.3 is 14.6 Å². The van der Waals surface area contributed by atoms with Gasteiger partial charge in [0, 0.05) is 22.6 Å². The molecule has 0 radical (unpaired) electrons. The van der Waals surface area contributed by atoms with Gasteiger partial charge in [0.05, 0.1) is 0 Å². The van der Waals surface area contributed by atoms with E-state index in [1.807, 2.05) is 27.7 Å². The van der Waals surface area contributed by atoms with Gasteiger partial charge in [0.1, 0.15) is 11.7 Å². The van der Waals surface area contributed by atoms with Crippen molar-refractivity contribution in [1.29, 1.82) is 0 Å². The first kappa shape index (κ1) is 17.6. The van der Waals surface area contributed by atoms with Crippen molar-refractivity contribution >= 4 is 18.5 Å². The topological polar surface area (TPSA) is 80.7 Å². The summed E-state index contributed by atoms with van der Waals surface area (Å²) < 4.78 is 5.48. The van der Waals surface area contributed by atoms with Crippen LogP contribution in [0.2, 0.25) is 0 Å². The van der Waals surface area contributed by atoms with E-state index in [1.165, 1.54) is 0 Å². The average molecular weight is 344 g/mol. The van der Waals surface area contributed by atoms with Crippen LogP contribution in [0.3, 0.4) is 0 Å². The van der Waals surface area contributed by atoms with Gasteiger partial charge in [-0.1, -0.05) is 34.1 Å². The van der Waals surface area contributed by atoms with Crippen LogP contribution in [-0.2, 0) is 15.0 Å². The quantitative estimate of drug-likeness (QED) is 0.515. The Balaban J connectivity index is 2.35. The van der Waals surface area contributed by atoms with E-state index in [0.29, 0.717) is 29.4 Å². The van der Waals surface area contributed by atoms with Crippen LogP contribution >= 0.6 is 0 Å². The van der Waals surface area contributed by atoms with Crippen LogP contribution in [0, 0.1) is 11.3 Å². The third kappa shape index (κ3) is 2.25. The zero-order valence-electron chi connectivity index (χ0n) is 15.1. The Bertz CT molecular complexity index is 762. The molecule has 1 unspecified atom stereocenters. The molecule has 1 aliphatic carbocycles. The van der Waals surface area contributed by atoms with Crippen molar-refractivity contribution < 1.29 is 24.2 Å². The molecule has 1 heterocycles. The summed E-state index contributed by atoms with van der Waals surface area (Å²) in [7, 11) is 0. The standard InChI is InChI=1S/C20H24O5/c1-11(2)13-8-12(9-21)15-17(16(13)23)25-18(24)20(15)7-5-6-19(3,4)14(20)10-22/h8-11,14,23H,5-7H2,1-4H3/t14-,20?/m0/s1. The van der Waals surface area contributed by atoms with Crippen LogP contribution in [-0.4, -0.2) is 23.6 Å². The highest BCUT2D eigenvalue weighted by molar-refractivity contribution is 5.99. The minimum Gasteiger partial charge on any atom is -0.504 e. The molecule has 1 spiro atoms. The molecule has 1 saturated carbocycles. The van der Waals surface area contributed by atoms with E-state index >= 15 is 0 Å². The Morgan fingerprint density at radius 3 is 2.52 bits per heavy atom. The lowest BCUT2D eigenvalue weighted by atomic mass is 9.54. The number of ether oxygens (including phenoxy) is 1. The number of esters is 1. The Labute approximate surface area is 147 Å². The molecule has 0 aromatic heterocycles. The molecule has 3 rings (SSSR count). The lowest BCUT2D eigenvalue weighted by Crippen LogP contribution is -2.51. The molecule has 1 N–H and O–H groups in total. The van der Waals surface area contributed by atoms with Gasteiger partial charge in [0.25, 0.3) is 0 Å². The molecular formula is C20H24O5. The van der Waals surface area contributed by atoms with E-state index in [2.05, 4.69) is 0 Å². The highest BCUT2D eigenvalue weighted by Gasteiger charge is 2.61. The second kappa shape index (κ2) is 5.68. The van der Waals surface area contributed by atoms with Gasteiger partial charge in [-0.15, -0.1) is 0 Å². The molecule has 2 aliphatic rings. The second-order valence-corrected chi connectivity index (χ2v) is 8.20. The van der Waals surface area contributed by atoms with Gasteiger partial charge in [-0.05, 0) is 30.2 Å². The van der Waals surface area contributed by atoms with Crippen LogP contribution in [0.5, 0.6) is 11.5 Å². The van der Waals surface area contributed by atoms with Crippen molar-refractivity contribution in [1.82, 2.24) is 0 Å². The fraction of sp³-hybridized carbons (Fsp3) is 0.550. The molecule has 134 valence electrons.